The third kappa shape index (κ3) is 3.10. The molecule has 2 rings (SSSR count). The van der Waals surface area contributed by atoms with E-state index in [2.05, 4.69) is 31.5 Å². The highest BCUT2D eigenvalue weighted by Gasteiger charge is 2.07. The number of unbranched alkanes of at least 4 members (excludes halogenated alkanes) is 1. The largest absolute Gasteiger partial charge is 0.330 e. The average Bonchev–Trinajstić information content (AvgIpc) is 2.79. The summed E-state index contributed by atoms with van der Waals surface area (Å²) in [5.41, 5.74) is 6.49. The van der Waals surface area contributed by atoms with E-state index < -0.39 is 0 Å². The number of nitrogens with zero attached hydrogens (tertiary/aromatic N) is 4. The van der Waals surface area contributed by atoms with E-state index in [1.165, 1.54) is 0 Å². The molecule has 0 saturated heterocycles. The van der Waals surface area contributed by atoms with Crippen LogP contribution in [0.15, 0.2) is 28.7 Å². The van der Waals surface area contributed by atoms with Gasteiger partial charge in [-0.25, -0.2) is 4.68 Å². The van der Waals surface area contributed by atoms with Crippen molar-refractivity contribution in [2.24, 2.45) is 5.73 Å². The van der Waals surface area contributed by atoms with Crippen LogP contribution >= 0.6 is 15.9 Å². The lowest BCUT2D eigenvalue weighted by atomic mass is 10.2. The second kappa shape index (κ2) is 5.88. The highest BCUT2D eigenvalue weighted by Crippen LogP contribution is 2.19. The zero-order chi connectivity index (χ0) is 12.1. The lowest BCUT2D eigenvalue weighted by molar-refractivity contribution is 0.548. The van der Waals surface area contributed by atoms with Crippen molar-refractivity contribution in [3.63, 3.8) is 0 Å². The fourth-order valence-electron chi connectivity index (χ4n) is 1.57. The van der Waals surface area contributed by atoms with Crippen LogP contribution in [0.5, 0.6) is 0 Å². The van der Waals surface area contributed by atoms with Crippen molar-refractivity contribution < 1.29 is 0 Å². The molecule has 0 aliphatic heterocycles. The van der Waals surface area contributed by atoms with Gasteiger partial charge in [0.1, 0.15) is 0 Å². The van der Waals surface area contributed by atoms with Gasteiger partial charge in [-0.15, -0.1) is 5.10 Å². The smallest absolute Gasteiger partial charge is 0.182 e. The second-order valence-electron chi connectivity index (χ2n) is 3.73. The highest BCUT2D eigenvalue weighted by atomic mass is 79.9. The molecule has 0 atom stereocenters. The Balaban J connectivity index is 2.15. The number of benzene rings is 1. The van der Waals surface area contributed by atoms with Gasteiger partial charge in [-0.3, -0.25) is 0 Å². The van der Waals surface area contributed by atoms with Crippen LogP contribution in [0, 0.1) is 0 Å². The standard InChI is InChI=1S/C11H14BrN5/c12-10-5-3-9(4-6-10)11-14-15-16-17(11)8-2-1-7-13/h3-6H,1-2,7-8,13H2. The fourth-order valence-corrected chi connectivity index (χ4v) is 1.83. The Bertz CT molecular complexity index is 465. The molecule has 1 aromatic heterocycles. The molecule has 0 amide bonds. The Hall–Kier alpha value is -1.27. The minimum Gasteiger partial charge on any atom is -0.330 e. The summed E-state index contributed by atoms with van der Waals surface area (Å²) in [7, 11) is 0. The van der Waals surface area contributed by atoms with Crippen LogP contribution in [0.3, 0.4) is 0 Å². The predicted octanol–water partition coefficient (Wildman–Crippen LogP) is 1.84. The molecule has 0 saturated carbocycles. The molecular weight excluding hydrogens is 282 g/mol. The van der Waals surface area contributed by atoms with Crippen molar-refractivity contribution in [2.75, 3.05) is 6.54 Å². The fraction of sp³-hybridized carbons (Fsp3) is 0.364. The number of nitrogens with two attached hydrogens (primary N) is 1. The first-order valence-corrected chi connectivity index (χ1v) is 6.33. The van der Waals surface area contributed by atoms with Gasteiger partial charge in [0.05, 0.1) is 0 Å². The quantitative estimate of drug-likeness (QED) is 0.855. The van der Waals surface area contributed by atoms with Gasteiger partial charge in [-0.05, 0) is 41.9 Å². The van der Waals surface area contributed by atoms with Crippen molar-refractivity contribution >= 4 is 15.9 Å². The summed E-state index contributed by atoms with van der Waals surface area (Å²) in [5.74, 6) is 0.800. The minimum absolute atomic E-state index is 0.704. The topological polar surface area (TPSA) is 69.6 Å². The van der Waals surface area contributed by atoms with Gasteiger partial charge in [0.25, 0.3) is 0 Å². The number of tetrazole rings is 1. The van der Waals surface area contributed by atoms with Gasteiger partial charge in [0, 0.05) is 16.6 Å². The molecule has 5 nitrogen and oxygen atoms in total. The predicted molar refractivity (Wildman–Crippen MR) is 69.2 cm³/mol. The minimum atomic E-state index is 0.704. The molecule has 0 radical (unpaired) electrons. The van der Waals surface area contributed by atoms with Crippen LogP contribution in [0.2, 0.25) is 0 Å². The van der Waals surface area contributed by atoms with Crippen LogP contribution in [0.1, 0.15) is 12.8 Å². The number of halogens is 1. The van der Waals surface area contributed by atoms with Gasteiger partial charge in [-0.1, -0.05) is 28.1 Å². The summed E-state index contributed by atoms with van der Waals surface area (Å²) < 4.78 is 2.86. The van der Waals surface area contributed by atoms with E-state index in [1.807, 2.05) is 28.9 Å². The van der Waals surface area contributed by atoms with E-state index in [0.29, 0.717) is 6.54 Å². The van der Waals surface area contributed by atoms with Crippen LogP contribution in [-0.2, 0) is 6.54 Å². The first-order chi connectivity index (χ1) is 8.31. The van der Waals surface area contributed by atoms with E-state index >= 15 is 0 Å². The number of rotatable bonds is 5. The summed E-state index contributed by atoms with van der Waals surface area (Å²) in [6, 6.07) is 7.95. The summed E-state index contributed by atoms with van der Waals surface area (Å²) in [6.45, 7) is 1.51. The van der Waals surface area contributed by atoms with Gasteiger partial charge < -0.3 is 5.73 Å². The zero-order valence-electron chi connectivity index (χ0n) is 9.38. The first-order valence-electron chi connectivity index (χ1n) is 5.53. The molecule has 6 heteroatoms. The number of aryl methyl sites for hydroxylation is 1. The third-order valence-electron chi connectivity index (χ3n) is 2.46. The molecule has 90 valence electrons. The van der Waals surface area contributed by atoms with E-state index in [1.54, 1.807) is 0 Å². The van der Waals surface area contributed by atoms with Crippen molar-refractivity contribution in [3.05, 3.63) is 28.7 Å². The van der Waals surface area contributed by atoms with Crippen molar-refractivity contribution in [1.29, 1.82) is 0 Å². The molecule has 2 aromatic rings. The SMILES string of the molecule is NCCCCn1nnnc1-c1ccc(Br)cc1. The number of hydrogen-bond donors (Lipinski definition) is 1. The van der Waals surface area contributed by atoms with E-state index in [-0.39, 0.29) is 0 Å². The maximum Gasteiger partial charge on any atom is 0.182 e. The van der Waals surface area contributed by atoms with Gasteiger partial charge in [-0.2, -0.15) is 0 Å². The van der Waals surface area contributed by atoms with Gasteiger partial charge in [0.15, 0.2) is 5.82 Å². The monoisotopic (exact) mass is 295 g/mol. The summed E-state index contributed by atoms with van der Waals surface area (Å²) in [5, 5.41) is 11.8. The molecule has 17 heavy (non-hydrogen) atoms. The number of aromatic nitrogens is 4. The molecular formula is C11H14BrN5. The Morgan fingerprint density at radius 3 is 2.65 bits per heavy atom. The van der Waals surface area contributed by atoms with Crippen molar-refractivity contribution in [1.82, 2.24) is 20.2 Å². The van der Waals surface area contributed by atoms with Crippen LogP contribution in [0.25, 0.3) is 11.4 Å². The molecule has 0 aliphatic rings. The Morgan fingerprint density at radius 2 is 1.94 bits per heavy atom. The normalized spacial score (nSPS) is 10.7. The second-order valence-corrected chi connectivity index (χ2v) is 4.64. The van der Waals surface area contributed by atoms with Crippen LogP contribution < -0.4 is 5.73 Å². The lowest BCUT2D eigenvalue weighted by Crippen LogP contribution is -2.06. The van der Waals surface area contributed by atoms with Gasteiger partial charge >= 0.3 is 0 Å². The number of hydrogen-bond acceptors (Lipinski definition) is 4. The summed E-state index contributed by atoms with van der Waals surface area (Å²) in [4.78, 5) is 0. The lowest BCUT2D eigenvalue weighted by Gasteiger charge is -2.04. The van der Waals surface area contributed by atoms with Crippen molar-refractivity contribution in [2.45, 2.75) is 19.4 Å². The molecule has 0 spiro atoms. The Morgan fingerprint density at radius 1 is 1.18 bits per heavy atom. The Kier molecular flexibility index (Phi) is 4.22. The molecule has 1 aromatic carbocycles. The molecule has 0 aliphatic carbocycles. The van der Waals surface area contributed by atoms with Gasteiger partial charge in [0.2, 0.25) is 0 Å². The molecule has 0 unspecified atom stereocenters. The third-order valence-corrected chi connectivity index (χ3v) is 2.99. The summed E-state index contributed by atoms with van der Waals surface area (Å²) >= 11 is 3.41. The Labute approximate surface area is 108 Å². The highest BCUT2D eigenvalue weighted by molar-refractivity contribution is 9.10. The molecule has 0 bridgehead atoms. The molecule has 2 N–H and O–H groups in total. The maximum atomic E-state index is 5.47. The van der Waals surface area contributed by atoms with E-state index in [9.17, 15) is 0 Å². The first kappa shape index (κ1) is 12.2. The van der Waals surface area contributed by atoms with Crippen LogP contribution in [0.4, 0.5) is 0 Å². The van der Waals surface area contributed by atoms with Crippen LogP contribution in [-0.4, -0.2) is 26.8 Å². The average molecular weight is 296 g/mol. The van der Waals surface area contributed by atoms with E-state index in [0.717, 1.165) is 35.2 Å². The van der Waals surface area contributed by atoms with E-state index in [4.69, 9.17) is 5.73 Å². The molecule has 1 heterocycles. The summed E-state index contributed by atoms with van der Waals surface area (Å²) in [6.07, 6.45) is 1.98. The molecule has 0 fully saturated rings. The zero-order valence-corrected chi connectivity index (χ0v) is 11.0. The van der Waals surface area contributed by atoms with Crippen molar-refractivity contribution in [3.8, 4) is 11.4 Å². The maximum absolute atomic E-state index is 5.47.